The second-order valence-electron chi connectivity index (χ2n) is 2.36. The van der Waals surface area contributed by atoms with Crippen LogP contribution < -0.4 is 4.72 Å². The van der Waals surface area contributed by atoms with Gasteiger partial charge in [-0.05, 0) is 6.42 Å². The Balaban J connectivity index is 4.12. The highest BCUT2D eigenvalue weighted by Gasteiger charge is 2.14. The minimum atomic E-state index is -3.34. The largest absolute Gasteiger partial charge is 0.280 e. The van der Waals surface area contributed by atoms with Gasteiger partial charge in [-0.2, -0.15) is 12.7 Å². The summed E-state index contributed by atoms with van der Waals surface area (Å²) in [4.78, 5) is 0. The molecule has 1 N–H and O–H groups in total. The second kappa shape index (κ2) is 5.14. The molecule has 0 atom stereocenters. The van der Waals surface area contributed by atoms with Gasteiger partial charge in [-0.1, -0.05) is 12.8 Å². The molecule has 0 spiro atoms. The first kappa shape index (κ1) is 11.4. The van der Waals surface area contributed by atoms with E-state index >= 15 is 0 Å². The lowest BCUT2D eigenvalue weighted by Crippen LogP contribution is -2.38. The zero-order chi connectivity index (χ0) is 9.61. The van der Waals surface area contributed by atoms with Gasteiger partial charge in [-0.25, -0.2) is 4.72 Å². The van der Waals surface area contributed by atoms with Crippen molar-refractivity contribution >= 4 is 10.2 Å². The quantitative estimate of drug-likeness (QED) is 0.610. The molecule has 0 aliphatic heterocycles. The van der Waals surface area contributed by atoms with Crippen molar-refractivity contribution in [1.29, 1.82) is 0 Å². The molecule has 4 nitrogen and oxygen atoms in total. The molecule has 0 saturated heterocycles. The lowest BCUT2D eigenvalue weighted by Gasteiger charge is -2.14. The lowest BCUT2D eigenvalue weighted by atomic mass is 10.5. The van der Waals surface area contributed by atoms with Crippen molar-refractivity contribution in [1.82, 2.24) is 9.03 Å². The highest BCUT2D eigenvalue weighted by atomic mass is 32.2. The summed E-state index contributed by atoms with van der Waals surface area (Å²) in [5, 5.41) is 0. The number of terminal acetylenes is 1. The molecule has 0 aliphatic carbocycles. The van der Waals surface area contributed by atoms with Gasteiger partial charge in [0.1, 0.15) is 0 Å². The van der Waals surface area contributed by atoms with Gasteiger partial charge in [0.15, 0.2) is 0 Å². The van der Waals surface area contributed by atoms with Gasteiger partial charge >= 0.3 is 0 Å². The number of rotatable bonds is 5. The van der Waals surface area contributed by atoms with Gasteiger partial charge in [0.05, 0.1) is 6.54 Å². The molecule has 0 saturated carbocycles. The minimum absolute atomic E-state index is 0.0963. The first-order valence-corrected chi connectivity index (χ1v) is 5.13. The fraction of sp³-hybridized carbons (Fsp3) is 0.714. The zero-order valence-electron chi connectivity index (χ0n) is 7.37. The van der Waals surface area contributed by atoms with E-state index in [1.54, 1.807) is 0 Å². The first-order valence-electron chi connectivity index (χ1n) is 3.69. The smallest absolute Gasteiger partial charge is 0.202 e. The monoisotopic (exact) mass is 190 g/mol. The van der Waals surface area contributed by atoms with Crippen LogP contribution in [0.3, 0.4) is 0 Å². The molecule has 0 heterocycles. The standard InChI is InChI=1S/C7H14N2O2S/c1-4-6-8-12(10,11)9(3)7-5-2/h2,8H,4,6-7H2,1,3H3. The van der Waals surface area contributed by atoms with Gasteiger partial charge in [-0.3, -0.25) is 0 Å². The molecular formula is C7H14N2O2S. The Morgan fingerprint density at radius 1 is 1.58 bits per heavy atom. The molecule has 5 heteroatoms. The average molecular weight is 190 g/mol. The van der Waals surface area contributed by atoms with Crippen molar-refractivity contribution in [3.8, 4) is 12.3 Å². The van der Waals surface area contributed by atoms with Gasteiger partial charge < -0.3 is 0 Å². The topological polar surface area (TPSA) is 49.4 Å². The van der Waals surface area contributed by atoms with Crippen molar-refractivity contribution in [2.75, 3.05) is 20.1 Å². The van der Waals surface area contributed by atoms with Crippen LogP contribution in [0.5, 0.6) is 0 Å². The number of nitrogens with one attached hydrogen (secondary N) is 1. The molecule has 0 aliphatic rings. The third-order valence-electron chi connectivity index (χ3n) is 1.26. The van der Waals surface area contributed by atoms with Crippen LogP contribution in [0, 0.1) is 12.3 Å². The fourth-order valence-electron chi connectivity index (χ4n) is 0.555. The molecule has 0 bridgehead atoms. The lowest BCUT2D eigenvalue weighted by molar-refractivity contribution is 0.488. The number of hydrogen-bond donors (Lipinski definition) is 1. The molecule has 0 radical (unpaired) electrons. The summed E-state index contributed by atoms with van der Waals surface area (Å²) in [7, 11) is -1.90. The highest BCUT2D eigenvalue weighted by Crippen LogP contribution is 1.91. The van der Waals surface area contributed by atoms with Crippen molar-refractivity contribution in [2.24, 2.45) is 0 Å². The molecular weight excluding hydrogens is 176 g/mol. The Hall–Kier alpha value is -0.570. The number of hydrogen-bond acceptors (Lipinski definition) is 2. The Morgan fingerprint density at radius 2 is 2.17 bits per heavy atom. The molecule has 0 rings (SSSR count). The molecule has 0 aromatic heterocycles. The van der Waals surface area contributed by atoms with Crippen LogP contribution in [0.15, 0.2) is 0 Å². The van der Waals surface area contributed by atoms with E-state index in [1.807, 2.05) is 6.92 Å². The molecule has 0 amide bonds. The maximum Gasteiger partial charge on any atom is 0.280 e. The van der Waals surface area contributed by atoms with Crippen LogP contribution in [-0.4, -0.2) is 32.9 Å². The first-order chi connectivity index (χ1) is 5.54. The van der Waals surface area contributed by atoms with Crippen LogP contribution in [-0.2, 0) is 10.2 Å². The maximum absolute atomic E-state index is 11.2. The van der Waals surface area contributed by atoms with Crippen LogP contribution in [0.1, 0.15) is 13.3 Å². The van der Waals surface area contributed by atoms with Gasteiger partial charge in [-0.15, -0.1) is 6.42 Å². The molecule has 0 aromatic rings. The maximum atomic E-state index is 11.2. The molecule has 0 fully saturated rings. The van der Waals surface area contributed by atoms with Gasteiger partial charge in [0, 0.05) is 13.6 Å². The summed E-state index contributed by atoms with van der Waals surface area (Å²) >= 11 is 0. The third-order valence-corrected chi connectivity index (χ3v) is 2.78. The van der Waals surface area contributed by atoms with E-state index in [4.69, 9.17) is 6.42 Å². The fourth-order valence-corrected chi connectivity index (χ4v) is 1.48. The van der Waals surface area contributed by atoms with E-state index in [0.29, 0.717) is 6.54 Å². The van der Waals surface area contributed by atoms with E-state index in [-0.39, 0.29) is 6.54 Å². The summed E-state index contributed by atoms with van der Waals surface area (Å²) in [6.45, 7) is 2.43. The summed E-state index contributed by atoms with van der Waals surface area (Å²) < 4.78 is 25.9. The second-order valence-corrected chi connectivity index (χ2v) is 4.22. The Labute approximate surface area is 74.1 Å². The SMILES string of the molecule is C#CCN(C)S(=O)(=O)NCCC. The Morgan fingerprint density at radius 3 is 2.58 bits per heavy atom. The van der Waals surface area contributed by atoms with Crippen LogP contribution in [0.2, 0.25) is 0 Å². The van der Waals surface area contributed by atoms with E-state index in [9.17, 15) is 8.42 Å². The summed E-state index contributed by atoms with van der Waals surface area (Å²) in [5.41, 5.74) is 0. The minimum Gasteiger partial charge on any atom is -0.202 e. The van der Waals surface area contributed by atoms with Gasteiger partial charge in [0.2, 0.25) is 0 Å². The third kappa shape index (κ3) is 3.72. The molecule has 0 aromatic carbocycles. The zero-order valence-corrected chi connectivity index (χ0v) is 8.19. The molecule has 70 valence electrons. The summed E-state index contributed by atoms with van der Waals surface area (Å²) in [6.07, 6.45) is 5.74. The van der Waals surface area contributed by atoms with Crippen LogP contribution in [0.4, 0.5) is 0 Å². The van der Waals surface area contributed by atoms with Crippen molar-refractivity contribution in [3.63, 3.8) is 0 Å². The van der Waals surface area contributed by atoms with E-state index in [0.717, 1.165) is 10.7 Å². The number of nitrogens with zero attached hydrogens (tertiary/aromatic N) is 1. The summed E-state index contributed by atoms with van der Waals surface area (Å²) in [5.74, 6) is 2.26. The Bertz CT molecular complexity index is 253. The van der Waals surface area contributed by atoms with Crippen LogP contribution in [0.25, 0.3) is 0 Å². The highest BCUT2D eigenvalue weighted by molar-refractivity contribution is 7.87. The average Bonchev–Trinajstić information content (AvgIpc) is 2.01. The summed E-state index contributed by atoms with van der Waals surface area (Å²) in [6, 6.07) is 0. The van der Waals surface area contributed by atoms with E-state index in [1.165, 1.54) is 7.05 Å². The Kier molecular flexibility index (Phi) is 4.90. The predicted molar refractivity (Wildman–Crippen MR) is 48.7 cm³/mol. The van der Waals surface area contributed by atoms with Gasteiger partial charge in [0.25, 0.3) is 10.2 Å². The normalized spacial score (nSPS) is 11.5. The van der Waals surface area contributed by atoms with E-state index < -0.39 is 10.2 Å². The van der Waals surface area contributed by atoms with Crippen molar-refractivity contribution in [2.45, 2.75) is 13.3 Å². The predicted octanol–water partition coefficient (Wildman–Crippen LogP) is -0.204. The van der Waals surface area contributed by atoms with Crippen molar-refractivity contribution < 1.29 is 8.42 Å². The van der Waals surface area contributed by atoms with E-state index in [2.05, 4.69) is 10.6 Å². The van der Waals surface area contributed by atoms with Crippen molar-refractivity contribution in [3.05, 3.63) is 0 Å². The molecule has 0 unspecified atom stereocenters. The molecule has 12 heavy (non-hydrogen) atoms. The van der Waals surface area contributed by atoms with Crippen LogP contribution >= 0.6 is 0 Å².